The van der Waals surface area contributed by atoms with Gasteiger partial charge < -0.3 is 14.6 Å². The molecule has 2 amide bonds. The van der Waals surface area contributed by atoms with Crippen LogP contribution in [0.5, 0.6) is 0 Å². The van der Waals surface area contributed by atoms with Gasteiger partial charge in [-0.3, -0.25) is 9.59 Å². The van der Waals surface area contributed by atoms with Crippen LogP contribution < -0.4 is 5.32 Å². The maximum absolute atomic E-state index is 13.6. The monoisotopic (exact) mass is 320 g/mol. The number of carbonyl (C=O) groups is 2. The molecule has 0 bridgehead atoms. The third-order valence-corrected chi connectivity index (χ3v) is 4.36. The molecular weight excluding hydrogens is 307 g/mol. The summed E-state index contributed by atoms with van der Waals surface area (Å²) in [6.45, 7) is 0. The van der Waals surface area contributed by atoms with Crippen molar-refractivity contribution in [3.63, 3.8) is 0 Å². The van der Waals surface area contributed by atoms with Crippen molar-refractivity contribution in [2.45, 2.75) is 6.04 Å². The molecule has 0 aliphatic carbocycles. The van der Waals surface area contributed by atoms with E-state index >= 15 is 0 Å². The number of anilines is 1. The first kappa shape index (κ1) is 14.6. The average Bonchev–Trinajstić information content (AvgIpc) is 3.20. The van der Waals surface area contributed by atoms with Gasteiger partial charge in [-0.05, 0) is 18.2 Å². The maximum atomic E-state index is 13.6. The zero-order valence-corrected chi connectivity index (χ0v) is 12.3. The fraction of sp³-hybridized carbons (Fsp3) is 0.200. The number of carbonyl (C=O) groups excluding carboxylic acids is 2. The van der Waals surface area contributed by atoms with Crippen molar-refractivity contribution in [1.82, 2.24) is 4.90 Å². The number of hydrogen-bond acceptors (Lipinski definition) is 4. The third kappa shape index (κ3) is 2.85. The van der Waals surface area contributed by atoms with E-state index in [0.29, 0.717) is 17.2 Å². The molecule has 0 spiro atoms. The molecule has 0 radical (unpaired) electrons. The second-order valence-corrected chi connectivity index (χ2v) is 5.77. The summed E-state index contributed by atoms with van der Waals surface area (Å²) in [5.74, 6) is -0.280. The van der Waals surface area contributed by atoms with Gasteiger partial charge in [0.15, 0.2) is 0 Å². The number of thioether (sulfide) groups is 1. The molecule has 1 aliphatic rings. The Labute approximate surface area is 130 Å². The van der Waals surface area contributed by atoms with Crippen LogP contribution in [0.25, 0.3) is 0 Å². The van der Waals surface area contributed by atoms with Crippen molar-refractivity contribution in [3.05, 3.63) is 54.2 Å². The van der Waals surface area contributed by atoms with Crippen LogP contribution in [0.1, 0.15) is 10.4 Å². The summed E-state index contributed by atoms with van der Waals surface area (Å²) in [6, 6.07) is 6.86. The summed E-state index contributed by atoms with van der Waals surface area (Å²) in [4.78, 5) is 26.1. The summed E-state index contributed by atoms with van der Waals surface area (Å²) >= 11 is 1.48. The molecule has 1 aromatic heterocycles. The summed E-state index contributed by atoms with van der Waals surface area (Å²) in [5, 5.41) is 2.54. The van der Waals surface area contributed by atoms with Crippen LogP contribution in [0.3, 0.4) is 0 Å². The SMILES string of the molecule is O=C(Nc1ccccc1F)C1CSCN1C(=O)c1ccoc1. The Hall–Kier alpha value is -2.28. The smallest absolute Gasteiger partial charge is 0.258 e. The number of halogens is 1. The lowest BCUT2D eigenvalue weighted by Crippen LogP contribution is -2.44. The fourth-order valence-corrected chi connectivity index (χ4v) is 3.34. The molecular formula is C15H13FN2O3S. The largest absolute Gasteiger partial charge is 0.472 e. The van der Waals surface area contributed by atoms with Gasteiger partial charge in [0.25, 0.3) is 5.91 Å². The van der Waals surface area contributed by atoms with Crippen LogP contribution in [0, 0.1) is 5.82 Å². The van der Waals surface area contributed by atoms with Crippen molar-refractivity contribution >= 4 is 29.3 Å². The van der Waals surface area contributed by atoms with Gasteiger partial charge in [0.1, 0.15) is 18.1 Å². The van der Waals surface area contributed by atoms with E-state index in [2.05, 4.69) is 5.32 Å². The van der Waals surface area contributed by atoms with E-state index in [1.54, 1.807) is 18.2 Å². The van der Waals surface area contributed by atoms with Crippen molar-refractivity contribution in [1.29, 1.82) is 0 Å². The summed E-state index contributed by atoms with van der Waals surface area (Å²) < 4.78 is 18.5. The number of para-hydroxylation sites is 1. The number of rotatable bonds is 3. The number of hydrogen-bond donors (Lipinski definition) is 1. The molecule has 7 heteroatoms. The first-order valence-electron chi connectivity index (χ1n) is 6.63. The van der Waals surface area contributed by atoms with Crippen LogP contribution in [-0.2, 0) is 4.79 Å². The highest BCUT2D eigenvalue weighted by Crippen LogP contribution is 2.25. The average molecular weight is 320 g/mol. The summed E-state index contributed by atoms with van der Waals surface area (Å²) in [6.07, 6.45) is 2.75. The normalized spacial score (nSPS) is 17.5. The molecule has 1 unspecified atom stereocenters. The van der Waals surface area contributed by atoms with Crippen molar-refractivity contribution in [2.75, 3.05) is 16.9 Å². The molecule has 1 atom stereocenters. The summed E-state index contributed by atoms with van der Waals surface area (Å²) in [7, 11) is 0. The van der Waals surface area contributed by atoms with Gasteiger partial charge in [0.05, 0.1) is 23.4 Å². The lowest BCUT2D eigenvalue weighted by atomic mass is 10.2. The second kappa shape index (κ2) is 6.23. The summed E-state index contributed by atoms with van der Waals surface area (Å²) in [5.41, 5.74) is 0.506. The van der Waals surface area contributed by atoms with Gasteiger partial charge in [-0.2, -0.15) is 0 Å². The quantitative estimate of drug-likeness (QED) is 0.944. The van der Waals surface area contributed by atoms with E-state index in [1.165, 1.54) is 41.3 Å². The van der Waals surface area contributed by atoms with Crippen LogP contribution in [0.15, 0.2) is 47.3 Å². The third-order valence-electron chi connectivity index (χ3n) is 3.35. The van der Waals surface area contributed by atoms with Gasteiger partial charge >= 0.3 is 0 Å². The highest BCUT2D eigenvalue weighted by molar-refractivity contribution is 7.99. The van der Waals surface area contributed by atoms with E-state index < -0.39 is 17.8 Å². The molecule has 0 saturated carbocycles. The first-order valence-corrected chi connectivity index (χ1v) is 7.78. The van der Waals surface area contributed by atoms with Crippen LogP contribution >= 0.6 is 11.8 Å². The first-order chi connectivity index (χ1) is 10.7. The van der Waals surface area contributed by atoms with Crippen molar-refractivity contribution in [3.8, 4) is 0 Å². The Morgan fingerprint density at radius 1 is 1.32 bits per heavy atom. The standard InChI is InChI=1S/C15H13FN2O3S/c16-11-3-1-2-4-12(11)17-14(19)13-8-22-9-18(13)15(20)10-5-6-21-7-10/h1-7,13H,8-9H2,(H,17,19). The number of amides is 2. The Morgan fingerprint density at radius 3 is 2.86 bits per heavy atom. The molecule has 1 saturated heterocycles. The number of nitrogens with one attached hydrogen (secondary N) is 1. The number of nitrogens with zero attached hydrogens (tertiary/aromatic N) is 1. The Balaban J connectivity index is 1.74. The van der Waals surface area contributed by atoms with Crippen LogP contribution in [0.4, 0.5) is 10.1 Å². The molecule has 1 aromatic carbocycles. The second-order valence-electron chi connectivity index (χ2n) is 4.77. The lowest BCUT2D eigenvalue weighted by molar-refractivity contribution is -0.119. The highest BCUT2D eigenvalue weighted by Gasteiger charge is 2.35. The molecule has 114 valence electrons. The molecule has 2 aromatic rings. The molecule has 3 rings (SSSR count). The van der Waals surface area contributed by atoms with E-state index in [1.807, 2.05) is 0 Å². The molecule has 1 fully saturated rings. The van der Waals surface area contributed by atoms with Gasteiger partial charge in [-0.15, -0.1) is 11.8 Å². The minimum Gasteiger partial charge on any atom is -0.472 e. The minimum absolute atomic E-state index is 0.111. The van der Waals surface area contributed by atoms with E-state index in [9.17, 15) is 14.0 Å². The maximum Gasteiger partial charge on any atom is 0.258 e. The Kier molecular flexibility index (Phi) is 4.15. The zero-order chi connectivity index (χ0) is 15.5. The minimum atomic E-state index is -0.632. The van der Waals surface area contributed by atoms with Crippen LogP contribution in [0.2, 0.25) is 0 Å². The lowest BCUT2D eigenvalue weighted by Gasteiger charge is -2.22. The van der Waals surface area contributed by atoms with Crippen molar-refractivity contribution in [2.24, 2.45) is 0 Å². The topological polar surface area (TPSA) is 62.6 Å². The number of furan rings is 1. The molecule has 2 heterocycles. The van der Waals surface area contributed by atoms with Gasteiger partial charge in [-0.25, -0.2) is 4.39 Å². The van der Waals surface area contributed by atoms with Gasteiger partial charge in [0.2, 0.25) is 5.91 Å². The molecule has 5 nitrogen and oxygen atoms in total. The van der Waals surface area contributed by atoms with Gasteiger partial charge in [-0.1, -0.05) is 12.1 Å². The van der Waals surface area contributed by atoms with E-state index in [0.717, 1.165) is 0 Å². The highest BCUT2D eigenvalue weighted by atomic mass is 32.2. The van der Waals surface area contributed by atoms with E-state index in [4.69, 9.17) is 4.42 Å². The number of benzene rings is 1. The molecule has 1 N–H and O–H groups in total. The van der Waals surface area contributed by atoms with Crippen LogP contribution in [-0.4, -0.2) is 34.4 Å². The van der Waals surface area contributed by atoms with Crippen molar-refractivity contribution < 1.29 is 18.4 Å². The molecule has 22 heavy (non-hydrogen) atoms. The predicted molar refractivity (Wildman–Crippen MR) is 81.0 cm³/mol. The Bertz CT molecular complexity index is 690. The van der Waals surface area contributed by atoms with E-state index in [-0.39, 0.29) is 11.6 Å². The van der Waals surface area contributed by atoms with Gasteiger partial charge in [0, 0.05) is 5.75 Å². The molecule has 1 aliphatic heterocycles. The zero-order valence-electron chi connectivity index (χ0n) is 11.5. The predicted octanol–water partition coefficient (Wildman–Crippen LogP) is 2.57. The Morgan fingerprint density at radius 2 is 2.14 bits per heavy atom. The fourth-order valence-electron chi connectivity index (χ4n) is 2.19.